The lowest BCUT2D eigenvalue weighted by Gasteiger charge is -2.07. The van der Waals surface area contributed by atoms with Gasteiger partial charge in [-0.2, -0.15) is 5.26 Å². The molecule has 1 aromatic heterocycles. The third-order valence-electron chi connectivity index (χ3n) is 1.73. The molecular weight excluding hydrogens is 212 g/mol. The van der Waals surface area contributed by atoms with Gasteiger partial charge in [0.1, 0.15) is 10.7 Å². The standard InChI is InChI=1S/C9H12N4OS/c1-6(2-3-10)12-9(14)7-5-15-8(4-11)13-7/h5-6H,2,4,11H2,1H3,(H,12,14). The Hall–Kier alpha value is -1.45. The van der Waals surface area contributed by atoms with Gasteiger partial charge in [0.25, 0.3) is 5.91 Å². The van der Waals surface area contributed by atoms with E-state index in [1.807, 2.05) is 6.07 Å². The van der Waals surface area contributed by atoms with Gasteiger partial charge in [-0.25, -0.2) is 4.98 Å². The van der Waals surface area contributed by atoms with Gasteiger partial charge in [-0.3, -0.25) is 4.79 Å². The van der Waals surface area contributed by atoms with Crippen LogP contribution in [0.3, 0.4) is 0 Å². The Balaban J connectivity index is 2.57. The zero-order valence-electron chi connectivity index (χ0n) is 8.36. The molecule has 6 heteroatoms. The molecule has 0 aliphatic carbocycles. The smallest absolute Gasteiger partial charge is 0.271 e. The van der Waals surface area contributed by atoms with Gasteiger partial charge in [-0.15, -0.1) is 11.3 Å². The van der Waals surface area contributed by atoms with Gasteiger partial charge in [0.2, 0.25) is 0 Å². The van der Waals surface area contributed by atoms with E-state index in [9.17, 15) is 4.79 Å². The maximum Gasteiger partial charge on any atom is 0.271 e. The molecule has 0 saturated carbocycles. The van der Waals surface area contributed by atoms with Gasteiger partial charge in [0, 0.05) is 18.0 Å². The average Bonchev–Trinajstić information content (AvgIpc) is 2.66. The van der Waals surface area contributed by atoms with E-state index in [1.165, 1.54) is 11.3 Å². The number of hydrogen-bond donors (Lipinski definition) is 2. The van der Waals surface area contributed by atoms with Crippen LogP contribution in [0.25, 0.3) is 0 Å². The summed E-state index contributed by atoms with van der Waals surface area (Å²) in [5.74, 6) is -0.256. The van der Waals surface area contributed by atoms with Crippen molar-refractivity contribution >= 4 is 17.2 Å². The normalized spacial score (nSPS) is 11.8. The van der Waals surface area contributed by atoms with Crippen molar-refractivity contribution in [3.8, 4) is 6.07 Å². The summed E-state index contributed by atoms with van der Waals surface area (Å²) < 4.78 is 0. The Kier molecular flexibility index (Phi) is 4.21. The molecule has 0 aliphatic rings. The number of thiazole rings is 1. The molecule has 0 saturated heterocycles. The number of nitrogens with one attached hydrogen (secondary N) is 1. The fraction of sp³-hybridized carbons (Fsp3) is 0.444. The van der Waals surface area contributed by atoms with Crippen LogP contribution < -0.4 is 11.1 Å². The van der Waals surface area contributed by atoms with Crippen molar-refractivity contribution in [2.24, 2.45) is 5.73 Å². The number of aromatic nitrogens is 1. The Labute approximate surface area is 91.9 Å². The van der Waals surface area contributed by atoms with E-state index >= 15 is 0 Å². The highest BCUT2D eigenvalue weighted by molar-refractivity contribution is 7.09. The van der Waals surface area contributed by atoms with Crippen LogP contribution in [0.5, 0.6) is 0 Å². The van der Waals surface area contributed by atoms with Gasteiger partial charge < -0.3 is 11.1 Å². The van der Waals surface area contributed by atoms with Crippen LogP contribution in [-0.2, 0) is 6.54 Å². The summed E-state index contributed by atoms with van der Waals surface area (Å²) in [6.07, 6.45) is 0.291. The Bertz CT molecular complexity index is 382. The lowest BCUT2D eigenvalue weighted by molar-refractivity contribution is 0.0936. The van der Waals surface area contributed by atoms with Crippen LogP contribution in [0.15, 0.2) is 5.38 Å². The molecule has 1 aromatic rings. The van der Waals surface area contributed by atoms with Gasteiger partial charge in [-0.05, 0) is 6.92 Å². The summed E-state index contributed by atoms with van der Waals surface area (Å²) in [5.41, 5.74) is 5.75. The van der Waals surface area contributed by atoms with Crippen LogP contribution >= 0.6 is 11.3 Å². The van der Waals surface area contributed by atoms with Gasteiger partial charge in [-0.1, -0.05) is 0 Å². The highest BCUT2D eigenvalue weighted by atomic mass is 32.1. The second-order valence-electron chi connectivity index (χ2n) is 3.07. The maximum atomic E-state index is 11.5. The van der Waals surface area contributed by atoms with Gasteiger partial charge in [0.05, 0.1) is 12.5 Å². The lowest BCUT2D eigenvalue weighted by Crippen LogP contribution is -2.32. The van der Waals surface area contributed by atoms with Gasteiger partial charge >= 0.3 is 0 Å². The highest BCUT2D eigenvalue weighted by Crippen LogP contribution is 2.08. The van der Waals surface area contributed by atoms with E-state index in [-0.39, 0.29) is 11.9 Å². The number of nitrogens with zero attached hydrogens (tertiary/aromatic N) is 2. The van der Waals surface area contributed by atoms with E-state index < -0.39 is 0 Å². The number of hydrogen-bond acceptors (Lipinski definition) is 5. The molecule has 5 nitrogen and oxygen atoms in total. The minimum atomic E-state index is -0.256. The zero-order valence-corrected chi connectivity index (χ0v) is 9.17. The first kappa shape index (κ1) is 11.6. The van der Waals surface area contributed by atoms with Crippen LogP contribution in [0.4, 0.5) is 0 Å². The Morgan fingerprint density at radius 3 is 3.13 bits per heavy atom. The number of carbonyl (C=O) groups excluding carboxylic acids is 1. The zero-order chi connectivity index (χ0) is 11.3. The molecule has 1 rings (SSSR count). The molecule has 1 heterocycles. The molecule has 0 spiro atoms. The fourth-order valence-electron chi connectivity index (χ4n) is 0.995. The van der Waals surface area contributed by atoms with Crippen molar-refractivity contribution < 1.29 is 4.79 Å². The highest BCUT2D eigenvalue weighted by Gasteiger charge is 2.12. The molecule has 0 radical (unpaired) electrons. The predicted molar refractivity (Wildman–Crippen MR) is 57.2 cm³/mol. The van der Waals surface area contributed by atoms with E-state index in [4.69, 9.17) is 11.0 Å². The van der Waals surface area contributed by atoms with E-state index in [2.05, 4.69) is 10.3 Å². The van der Waals surface area contributed by atoms with Crippen LogP contribution in [0, 0.1) is 11.3 Å². The van der Waals surface area contributed by atoms with Crippen molar-refractivity contribution in [2.75, 3.05) is 0 Å². The molecule has 80 valence electrons. The van der Waals surface area contributed by atoms with Crippen molar-refractivity contribution in [3.63, 3.8) is 0 Å². The largest absolute Gasteiger partial charge is 0.347 e. The van der Waals surface area contributed by atoms with Crippen molar-refractivity contribution in [3.05, 3.63) is 16.1 Å². The second kappa shape index (κ2) is 5.44. The number of nitrogens with two attached hydrogens (primary N) is 1. The SMILES string of the molecule is CC(CC#N)NC(=O)c1csc(CN)n1. The third kappa shape index (κ3) is 3.31. The number of carbonyl (C=O) groups is 1. The first-order valence-corrected chi connectivity index (χ1v) is 5.37. The van der Waals surface area contributed by atoms with Crippen molar-refractivity contribution in [2.45, 2.75) is 25.9 Å². The van der Waals surface area contributed by atoms with Crippen LogP contribution in [0.1, 0.15) is 28.8 Å². The second-order valence-corrected chi connectivity index (χ2v) is 4.01. The molecule has 1 atom stereocenters. The quantitative estimate of drug-likeness (QED) is 0.784. The number of nitriles is 1. The number of rotatable bonds is 4. The lowest BCUT2D eigenvalue weighted by atomic mass is 10.2. The van der Waals surface area contributed by atoms with E-state index in [0.717, 1.165) is 5.01 Å². The summed E-state index contributed by atoms with van der Waals surface area (Å²) in [5, 5.41) is 13.5. The van der Waals surface area contributed by atoms with Crippen molar-refractivity contribution in [1.29, 1.82) is 5.26 Å². The molecule has 0 aliphatic heterocycles. The minimum Gasteiger partial charge on any atom is -0.347 e. The Morgan fingerprint density at radius 1 is 1.87 bits per heavy atom. The van der Waals surface area contributed by atoms with E-state index in [0.29, 0.717) is 18.7 Å². The molecule has 1 unspecified atom stereocenters. The summed E-state index contributed by atoms with van der Waals surface area (Å²) >= 11 is 1.36. The van der Waals surface area contributed by atoms with Crippen molar-refractivity contribution in [1.82, 2.24) is 10.3 Å². The molecule has 3 N–H and O–H groups in total. The number of amides is 1. The molecule has 0 fully saturated rings. The molecule has 0 bridgehead atoms. The minimum absolute atomic E-state index is 0.162. The molecule has 1 amide bonds. The summed E-state index contributed by atoms with van der Waals surface area (Å²) in [7, 11) is 0. The van der Waals surface area contributed by atoms with E-state index in [1.54, 1.807) is 12.3 Å². The molecular formula is C9H12N4OS. The molecule has 0 aromatic carbocycles. The molecule has 15 heavy (non-hydrogen) atoms. The first-order chi connectivity index (χ1) is 7.17. The fourth-order valence-corrected chi connectivity index (χ4v) is 1.65. The average molecular weight is 224 g/mol. The summed E-state index contributed by atoms with van der Waals surface area (Å²) in [6.45, 7) is 2.11. The monoisotopic (exact) mass is 224 g/mol. The van der Waals surface area contributed by atoms with Crippen LogP contribution in [0.2, 0.25) is 0 Å². The third-order valence-corrected chi connectivity index (χ3v) is 2.61. The Morgan fingerprint density at radius 2 is 2.60 bits per heavy atom. The van der Waals surface area contributed by atoms with Crippen LogP contribution in [-0.4, -0.2) is 16.9 Å². The van der Waals surface area contributed by atoms with Gasteiger partial charge in [0.15, 0.2) is 0 Å². The summed E-state index contributed by atoms with van der Waals surface area (Å²) in [6, 6.07) is 1.83. The predicted octanol–water partition coefficient (Wildman–Crippen LogP) is 0.634. The topological polar surface area (TPSA) is 91.8 Å². The summed E-state index contributed by atoms with van der Waals surface area (Å²) in [4.78, 5) is 15.6. The first-order valence-electron chi connectivity index (χ1n) is 4.49. The maximum absolute atomic E-state index is 11.5.